The molecule has 0 saturated heterocycles. The predicted molar refractivity (Wildman–Crippen MR) is 77.1 cm³/mol. The van der Waals surface area contributed by atoms with Crippen LogP contribution in [0.15, 0.2) is 48.5 Å². The molecule has 0 nitrogen and oxygen atoms in total. The predicted octanol–water partition coefficient (Wildman–Crippen LogP) is 4.96. The standard InChI is InChI=1S/C18H20/c1-13-3-7-15(8-4-13)17-11-12-18(17)16-9-5-14(2)6-10-16/h3-10,17-18H,11-12H2,1-2H3/t17-,18-/m1/s1. The molecule has 2 aromatic rings. The third kappa shape index (κ3) is 2.08. The van der Waals surface area contributed by atoms with Crippen LogP contribution in [0.1, 0.15) is 46.9 Å². The molecule has 0 bridgehead atoms. The normalized spacial score (nSPS) is 22.6. The molecule has 0 N–H and O–H groups in total. The lowest BCUT2D eigenvalue weighted by atomic mass is 9.67. The minimum absolute atomic E-state index is 0.730. The van der Waals surface area contributed by atoms with E-state index in [9.17, 15) is 0 Å². The minimum atomic E-state index is 0.730. The van der Waals surface area contributed by atoms with Crippen molar-refractivity contribution in [1.82, 2.24) is 0 Å². The zero-order chi connectivity index (χ0) is 12.5. The van der Waals surface area contributed by atoms with Crippen molar-refractivity contribution in [2.75, 3.05) is 0 Å². The topological polar surface area (TPSA) is 0 Å². The van der Waals surface area contributed by atoms with Gasteiger partial charge < -0.3 is 0 Å². The summed E-state index contributed by atoms with van der Waals surface area (Å²) in [5, 5.41) is 0. The molecule has 1 saturated carbocycles. The molecule has 1 aliphatic rings. The average Bonchev–Trinajstić information content (AvgIpc) is 2.33. The fraction of sp³-hybridized carbons (Fsp3) is 0.333. The lowest BCUT2D eigenvalue weighted by Gasteiger charge is -2.37. The summed E-state index contributed by atoms with van der Waals surface area (Å²) in [6.07, 6.45) is 2.67. The van der Waals surface area contributed by atoms with Crippen LogP contribution in [0.5, 0.6) is 0 Å². The molecule has 0 unspecified atom stereocenters. The van der Waals surface area contributed by atoms with Crippen LogP contribution in [0.25, 0.3) is 0 Å². The van der Waals surface area contributed by atoms with Gasteiger partial charge in [-0.3, -0.25) is 0 Å². The van der Waals surface area contributed by atoms with Gasteiger partial charge in [-0.05, 0) is 49.7 Å². The van der Waals surface area contributed by atoms with Crippen molar-refractivity contribution in [3.05, 3.63) is 70.8 Å². The number of aryl methyl sites for hydroxylation is 2. The molecule has 0 aromatic heterocycles. The van der Waals surface area contributed by atoms with Crippen LogP contribution in [-0.4, -0.2) is 0 Å². The van der Waals surface area contributed by atoms with Gasteiger partial charge in [0.15, 0.2) is 0 Å². The fourth-order valence-corrected chi connectivity index (χ4v) is 2.93. The molecule has 0 heterocycles. The second kappa shape index (κ2) is 4.61. The van der Waals surface area contributed by atoms with Gasteiger partial charge in [0.25, 0.3) is 0 Å². The first kappa shape index (κ1) is 11.5. The summed E-state index contributed by atoms with van der Waals surface area (Å²) in [6.45, 7) is 4.31. The van der Waals surface area contributed by atoms with Gasteiger partial charge in [0.2, 0.25) is 0 Å². The molecule has 2 aromatic carbocycles. The van der Waals surface area contributed by atoms with E-state index in [2.05, 4.69) is 62.4 Å². The van der Waals surface area contributed by atoms with Gasteiger partial charge in [0.05, 0.1) is 0 Å². The minimum Gasteiger partial charge on any atom is -0.0590 e. The van der Waals surface area contributed by atoms with Crippen molar-refractivity contribution in [3.8, 4) is 0 Å². The maximum atomic E-state index is 2.31. The summed E-state index contributed by atoms with van der Waals surface area (Å²) in [6, 6.07) is 18.2. The highest BCUT2D eigenvalue weighted by Crippen LogP contribution is 2.48. The van der Waals surface area contributed by atoms with Crippen molar-refractivity contribution < 1.29 is 0 Å². The van der Waals surface area contributed by atoms with E-state index >= 15 is 0 Å². The molecule has 0 spiro atoms. The van der Waals surface area contributed by atoms with E-state index in [0.29, 0.717) is 0 Å². The quantitative estimate of drug-likeness (QED) is 0.691. The number of hydrogen-bond donors (Lipinski definition) is 0. The van der Waals surface area contributed by atoms with Crippen molar-refractivity contribution >= 4 is 0 Å². The molecule has 0 amide bonds. The molecular weight excluding hydrogens is 216 g/mol. The smallest absolute Gasteiger partial charge is 0.00929 e. The van der Waals surface area contributed by atoms with Gasteiger partial charge >= 0.3 is 0 Å². The summed E-state index contributed by atoms with van der Waals surface area (Å²) in [5.74, 6) is 1.46. The van der Waals surface area contributed by atoms with E-state index < -0.39 is 0 Å². The van der Waals surface area contributed by atoms with Crippen molar-refractivity contribution in [1.29, 1.82) is 0 Å². The van der Waals surface area contributed by atoms with Gasteiger partial charge in [0, 0.05) is 0 Å². The molecular formula is C18H20. The van der Waals surface area contributed by atoms with Crippen LogP contribution in [0, 0.1) is 13.8 Å². The third-order valence-corrected chi connectivity index (χ3v) is 4.29. The first-order valence-corrected chi connectivity index (χ1v) is 6.87. The zero-order valence-corrected chi connectivity index (χ0v) is 11.2. The van der Waals surface area contributed by atoms with E-state index in [4.69, 9.17) is 0 Å². The average molecular weight is 236 g/mol. The Kier molecular flexibility index (Phi) is 2.95. The summed E-state index contributed by atoms with van der Waals surface area (Å²) < 4.78 is 0. The highest BCUT2D eigenvalue weighted by Gasteiger charge is 2.32. The molecule has 3 rings (SSSR count). The SMILES string of the molecule is Cc1ccc([C@H]2CC[C@@H]2c2ccc(C)cc2)cc1. The number of hydrogen-bond acceptors (Lipinski definition) is 0. The van der Waals surface area contributed by atoms with Crippen LogP contribution in [0.4, 0.5) is 0 Å². The second-order valence-electron chi connectivity index (χ2n) is 5.61. The Bertz CT molecular complexity index is 467. The second-order valence-corrected chi connectivity index (χ2v) is 5.61. The van der Waals surface area contributed by atoms with Gasteiger partial charge in [0.1, 0.15) is 0 Å². The van der Waals surface area contributed by atoms with E-state index in [-0.39, 0.29) is 0 Å². The third-order valence-electron chi connectivity index (χ3n) is 4.29. The van der Waals surface area contributed by atoms with Crippen molar-refractivity contribution in [2.24, 2.45) is 0 Å². The van der Waals surface area contributed by atoms with Crippen LogP contribution in [0.2, 0.25) is 0 Å². The Labute approximate surface area is 110 Å². The first-order chi connectivity index (χ1) is 8.74. The molecule has 0 aliphatic heterocycles. The summed E-state index contributed by atoms with van der Waals surface area (Å²) in [5.41, 5.74) is 5.73. The largest absolute Gasteiger partial charge is 0.0590 e. The summed E-state index contributed by atoms with van der Waals surface area (Å²) >= 11 is 0. The van der Waals surface area contributed by atoms with Crippen molar-refractivity contribution in [3.63, 3.8) is 0 Å². The Morgan fingerprint density at radius 1 is 0.611 bits per heavy atom. The van der Waals surface area contributed by atoms with Crippen LogP contribution < -0.4 is 0 Å². The van der Waals surface area contributed by atoms with Crippen LogP contribution in [-0.2, 0) is 0 Å². The van der Waals surface area contributed by atoms with E-state index in [1.807, 2.05) is 0 Å². The van der Waals surface area contributed by atoms with E-state index in [1.54, 1.807) is 0 Å². The Morgan fingerprint density at radius 2 is 0.944 bits per heavy atom. The molecule has 0 radical (unpaired) electrons. The lowest BCUT2D eigenvalue weighted by Crippen LogP contribution is -2.21. The molecule has 1 aliphatic carbocycles. The Hall–Kier alpha value is -1.56. The monoisotopic (exact) mass is 236 g/mol. The molecule has 2 atom stereocenters. The van der Waals surface area contributed by atoms with Gasteiger partial charge in [-0.15, -0.1) is 0 Å². The fourth-order valence-electron chi connectivity index (χ4n) is 2.93. The first-order valence-electron chi connectivity index (χ1n) is 6.87. The van der Waals surface area contributed by atoms with Crippen molar-refractivity contribution in [2.45, 2.75) is 38.5 Å². The number of benzene rings is 2. The van der Waals surface area contributed by atoms with Gasteiger partial charge in [-0.2, -0.15) is 0 Å². The molecule has 92 valence electrons. The van der Waals surface area contributed by atoms with Crippen LogP contribution in [0.3, 0.4) is 0 Å². The lowest BCUT2D eigenvalue weighted by molar-refractivity contribution is 0.346. The maximum absolute atomic E-state index is 2.31. The summed E-state index contributed by atoms with van der Waals surface area (Å²) in [7, 11) is 0. The number of rotatable bonds is 2. The molecule has 1 fully saturated rings. The molecule has 18 heavy (non-hydrogen) atoms. The Balaban J connectivity index is 1.83. The van der Waals surface area contributed by atoms with Gasteiger partial charge in [-0.1, -0.05) is 59.7 Å². The van der Waals surface area contributed by atoms with E-state index in [1.165, 1.54) is 35.1 Å². The van der Waals surface area contributed by atoms with E-state index in [0.717, 1.165) is 11.8 Å². The van der Waals surface area contributed by atoms with Crippen LogP contribution >= 0.6 is 0 Å². The Morgan fingerprint density at radius 3 is 1.22 bits per heavy atom. The summed E-state index contributed by atoms with van der Waals surface area (Å²) in [4.78, 5) is 0. The highest BCUT2D eigenvalue weighted by atomic mass is 14.4. The highest BCUT2D eigenvalue weighted by molar-refractivity contribution is 5.34. The maximum Gasteiger partial charge on any atom is -0.00929 e. The van der Waals surface area contributed by atoms with Gasteiger partial charge in [-0.25, -0.2) is 0 Å². The zero-order valence-electron chi connectivity index (χ0n) is 11.2. The molecule has 0 heteroatoms.